The van der Waals surface area contributed by atoms with Crippen LogP contribution in [-0.2, 0) is 24.8 Å². The summed E-state index contributed by atoms with van der Waals surface area (Å²) in [5, 5.41) is 2.91. The Morgan fingerprint density at radius 1 is 1.27 bits per heavy atom. The van der Waals surface area contributed by atoms with Crippen molar-refractivity contribution in [1.29, 1.82) is 0 Å². The van der Waals surface area contributed by atoms with E-state index >= 15 is 0 Å². The second kappa shape index (κ2) is 5.97. The van der Waals surface area contributed by atoms with Crippen LogP contribution in [0.5, 0.6) is 0 Å². The van der Waals surface area contributed by atoms with Gasteiger partial charge in [-0.05, 0) is 36.2 Å². The van der Waals surface area contributed by atoms with Gasteiger partial charge in [-0.25, -0.2) is 4.98 Å². The summed E-state index contributed by atoms with van der Waals surface area (Å²) in [6, 6.07) is 9.77. The highest BCUT2D eigenvalue weighted by Crippen LogP contribution is 2.16. The molecule has 5 nitrogen and oxygen atoms in total. The third-order valence-corrected chi connectivity index (χ3v) is 3.75. The fourth-order valence-corrected chi connectivity index (χ4v) is 2.43. The summed E-state index contributed by atoms with van der Waals surface area (Å²) in [6.07, 6.45) is 3.82. The van der Waals surface area contributed by atoms with E-state index in [2.05, 4.69) is 15.3 Å². The van der Waals surface area contributed by atoms with Gasteiger partial charge in [-0.1, -0.05) is 12.1 Å². The van der Waals surface area contributed by atoms with Crippen molar-refractivity contribution >= 4 is 16.9 Å². The number of amides is 1. The highest BCUT2D eigenvalue weighted by Gasteiger charge is 2.08. The lowest BCUT2D eigenvalue weighted by Crippen LogP contribution is -2.24. The first-order chi connectivity index (χ1) is 10.6. The molecule has 5 heteroatoms. The summed E-state index contributed by atoms with van der Waals surface area (Å²) in [5.74, 6) is 0.962. The van der Waals surface area contributed by atoms with Gasteiger partial charge in [0.25, 0.3) is 0 Å². The summed E-state index contributed by atoms with van der Waals surface area (Å²) in [5.41, 5.74) is 3.97. The number of fused-ring (bicyclic) bond motifs is 1. The molecule has 2 aromatic heterocycles. The molecule has 112 valence electrons. The maximum atomic E-state index is 12.0. The SMILES string of the molecule is Cc1nc2cc(CC(=O)NCc3cccnc3)ccc2n1C. The normalized spacial score (nSPS) is 10.8. The maximum Gasteiger partial charge on any atom is 0.224 e. The summed E-state index contributed by atoms with van der Waals surface area (Å²) in [6.45, 7) is 2.47. The number of pyridine rings is 1. The topological polar surface area (TPSA) is 59.8 Å². The van der Waals surface area contributed by atoms with Gasteiger partial charge in [0.1, 0.15) is 5.82 Å². The molecular formula is C17H18N4O. The Kier molecular flexibility index (Phi) is 3.87. The number of benzene rings is 1. The van der Waals surface area contributed by atoms with Gasteiger partial charge in [-0.15, -0.1) is 0 Å². The second-order valence-electron chi connectivity index (χ2n) is 5.36. The average Bonchev–Trinajstić information content (AvgIpc) is 2.81. The zero-order valence-electron chi connectivity index (χ0n) is 12.7. The number of carbonyl (C=O) groups is 1. The molecule has 0 atom stereocenters. The third kappa shape index (κ3) is 2.98. The molecule has 3 aromatic rings. The molecule has 2 heterocycles. The van der Waals surface area contributed by atoms with Crippen LogP contribution in [0.15, 0.2) is 42.7 Å². The number of nitrogens with one attached hydrogen (secondary N) is 1. The van der Waals surface area contributed by atoms with E-state index in [1.807, 2.05) is 48.9 Å². The Morgan fingerprint density at radius 2 is 2.14 bits per heavy atom. The van der Waals surface area contributed by atoms with E-state index in [0.717, 1.165) is 28.0 Å². The van der Waals surface area contributed by atoms with Crippen molar-refractivity contribution in [2.24, 2.45) is 7.05 Å². The number of imidazole rings is 1. The van der Waals surface area contributed by atoms with Crippen LogP contribution in [0.1, 0.15) is 17.0 Å². The molecule has 1 N–H and O–H groups in total. The van der Waals surface area contributed by atoms with Crippen LogP contribution >= 0.6 is 0 Å². The lowest BCUT2D eigenvalue weighted by atomic mass is 10.1. The van der Waals surface area contributed by atoms with Crippen molar-refractivity contribution in [3.05, 3.63) is 59.7 Å². The van der Waals surface area contributed by atoms with Gasteiger partial charge in [-0.3, -0.25) is 9.78 Å². The molecule has 22 heavy (non-hydrogen) atoms. The number of hydrogen-bond acceptors (Lipinski definition) is 3. The van der Waals surface area contributed by atoms with Gasteiger partial charge in [0, 0.05) is 26.0 Å². The predicted molar refractivity (Wildman–Crippen MR) is 85.2 cm³/mol. The van der Waals surface area contributed by atoms with Crippen LogP contribution in [0, 0.1) is 6.92 Å². The van der Waals surface area contributed by atoms with Crippen molar-refractivity contribution in [2.75, 3.05) is 0 Å². The van der Waals surface area contributed by atoms with E-state index in [4.69, 9.17) is 0 Å². The van der Waals surface area contributed by atoms with Crippen molar-refractivity contribution in [3.63, 3.8) is 0 Å². The number of hydrogen-bond donors (Lipinski definition) is 1. The van der Waals surface area contributed by atoms with Gasteiger partial charge in [0.05, 0.1) is 17.5 Å². The van der Waals surface area contributed by atoms with E-state index in [0.29, 0.717) is 13.0 Å². The molecule has 0 unspecified atom stereocenters. The molecule has 0 aliphatic rings. The van der Waals surface area contributed by atoms with E-state index < -0.39 is 0 Å². The minimum absolute atomic E-state index is 0.00384. The first-order valence-corrected chi connectivity index (χ1v) is 7.21. The van der Waals surface area contributed by atoms with Crippen LogP contribution in [0.4, 0.5) is 0 Å². The van der Waals surface area contributed by atoms with Gasteiger partial charge in [0.2, 0.25) is 5.91 Å². The van der Waals surface area contributed by atoms with Crippen LogP contribution in [0.3, 0.4) is 0 Å². The molecule has 0 saturated carbocycles. The quantitative estimate of drug-likeness (QED) is 0.802. The van der Waals surface area contributed by atoms with E-state index in [-0.39, 0.29) is 5.91 Å². The lowest BCUT2D eigenvalue weighted by molar-refractivity contribution is -0.120. The zero-order valence-corrected chi connectivity index (χ0v) is 12.7. The Balaban J connectivity index is 1.66. The number of aromatic nitrogens is 3. The summed E-state index contributed by atoms with van der Waals surface area (Å²) in [4.78, 5) is 20.6. The van der Waals surface area contributed by atoms with Gasteiger partial charge < -0.3 is 9.88 Å². The summed E-state index contributed by atoms with van der Waals surface area (Å²) in [7, 11) is 1.99. The summed E-state index contributed by atoms with van der Waals surface area (Å²) >= 11 is 0. The first-order valence-electron chi connectivity index (χ1n) is 7.21. The highest BCUT2D eigenvalue weighted by molar-refractivity contribution is 5.82. The predicted octanol–water partition coefficient (Wildman–Crippen LogP) is 2.14. The lowest BCUT2D eigenvalue weighted by Gasteiger charge is -2.05. The average molecular weight is 294 g/mol. The number of carbonyl (C=O) groups excluding carboxylic acids is 1. The molecule has 1 aromatic carbocycles. The van der Waals surface area contributed by atoms with Gasteiger partial charge >= 0.3 is 0 Å². The maximum absolute atomic E-state index is 12.0. The standard InChI is InChI=1S/C17H18N4O/c1-12-20-15-8-13(5-6-16(15)21(12)2)9-17(22)19-11-14-4-3-7-18-10-14/h3-8,10H,9,11H2,1-2H3,(H,19,22). The molecule has 0 aliphatic heterocycles. The summed E-state index contributed by atoms with van der Waals surface area (Å²) < 4.78 is 2.04. The van der Waals surface area contributed by atoms with E-state index in [1.165, 1.54) is 0 Å². The Bertz CT molecular complexity index is 808. The van der Waals surface area contributed by atoms with Crippen LogP contribution in [0.2, 0.25) is 0 Å². The molecular weight excluding hydrogens is 276 g/mol. The fraction of sp³-hybridized carbons (Fsp3) is 0.235. The molecule has 0 radical (unpaired) electrons. The van der Waals surface area contributed by atoms with Crippen molar-refractivity contribution < 1.29 is 4.79 Å². The molecule has 0 aliphatic carbocycles. The van der Waals surface area contributed by atoms with Gasteiger partial charge in [-0.2, -0.15) is 0 Å². The van der Waals surface area contributed by atoms with Crippen molar-refractivity contribution in [1.82, 2.24) is 19.9 Å². The third-order valence-electron chi connectivity index (χ3n) is 3.75. The van der Waals surface area contributed by atoms with Crippen LogP contribution < -0.4 is 5.32 Å². The molecule has 1 amide bonds. The number of aryl methyl sites for hydroxylation is 2. The van der Waals surface area contributed by atoms with Crippen LogP contribution in [0.25, 0.3) is 11.0 Å². The van der Waals surface area contributed by atoms with Crippen molar-refractivity contribution in [3.8, 4) is 0 Å². The Hall–Kier alpha value is -2.69. The molecule has 3 rings (SSSR count). The fourth-order valence-electron chi connectivity index (χ4n) is 2.43. The highest BCUT2D eigenvalue weighted by atomic mass is 16.1. The Labute approximate surface area is 129 Å². The largest absolute Gasteiger partial charge is 0.352 e. The van der Waals surface area contributed by atoms with Gasteiger partial charge in [0.15, 0.2) is 0 Å². The second-order valence-corrected chi connectivity index (χ2v) is 5.36. The number of nitrogens with zero attached hydrogens (tertiary/aromatic N) is 3. The van der Waals surface area contributed by atoms with E-state index in [9.17, 15) is 4.79 Å². The molecule has 0 fully saturated rings. The zero-order chi connectivity index (χ0) is 15.5. The minimum atomic E-state index is -0.00384. The number of rotatable bonds is 4. The molecule has 0 bridgehead atoms. The smallest absolute Gasteiger partial charge is 0.224 e. The van der Waals surface area contributed by atoms with E-state index in [1.54, 1.807) is 12.4 Å². The Morgan fingerprint density at radius 3 is 2.91 bits per heavy atom. The van der Waals surface area contributed by atoms with Crippen molar-refractivity contribution in [2.45, 2.75) is 19.9 Å². The monoisotopic (exact) mass is 294 g/mol. The first kappa shape index (κ1) is 14.3. The van der Waals surface area contributed by atoms with Crippen LogP contribution in [-0.4, -0.2) is 20.4 Å². The molecule has 0 spiro atoms. The minimum Gasteiger partial charge on any atom is -0.352 e. The molecule has 0 saturated heterocycles.